The number of nitrogen functional groups attached to an aromatic ring is 1. The number of H-pyrrole nitrogens is 1. The van der Waals surface area contributed by atoms with E-state index < -0.39 is 0 Å². The largest absolute Gasteiger partial charge is 0.396 e. The third-order valence-electron chi connectivity index (χ3n) is 3.46. The molecule has 17 heavy (non-hydrogen) atoms. The number of amides is 1. The fraction of sp³-hybridized carbons (Fsp3) is 0.667. The van der Waals surface area contributed by atoms with E-state index in [1.54, 1.807) is 0 Å². The van der Waals surface area contributed by atoms with Gasteiger partial charge < -0.3 is 11.1 Å². The molecule has 0 radical (unpaired) electrons. The van der Waals surface area contributed by atoms with Gasteiger partial charge in [-0.2, -0.15) is 5.10 Å². The Kier molecular flexibility index (Phi) is 4.01. The molecule has 94 valence electrons. The normalized spacial score (nSPS) is 16.9. The van der Waals surface area contributed by atoms with Crippen molar-refractivity contribution >= 4 is 11.6 Å². The van der Waals surface area contributed by atoms with E-state index in [-0.39, 0.29) is 5.91 Å². The van der Waals surface area contributed by atoms with Crippen molar-refractivity contribution in [3.8, 4) is 0 Å². The standard InChI is InChI=1S/C12H20N4O/c13-10-8-15-16-11(10)12(17)14-7-6-9-4-2-1-3-5-9/h8-9H,1-7,13H2,(H,14,17)(H,15,16). The summed E-state index contributed by atoms with van der Waals surface area (Å²) >= 11 is 0. The summed E-state index contributed by atoms with van der Waals surface area (Å²) in [6.07, 6.45) is 9.19. The van der Waals surface area contributed by atoms with Crippen LogP contribution in [0.3, 0.4) is 0 Å². The predicted octanol–water partition coefficient (Wildman–Crippen LogP) is 1.69. The molecule has 1 saturated carbocycles. The van der Waals surface area contributed by atoms with Crippen LogP contribution in [0.15, 0.2) is 6.20 Å². The van der Waals surface area contributed by atoms with Gasteiger partial charge in [0.05, 0.1) is 11.9 Å². The summed E-state index contributed by atoms with van der Waals surface area (Å²) in [6, 6.07) is 0. The number of rotatable bonds is 4. The molecular formula is C12H20N4O. The number of aromatic amines is 1. The summed E-state index contributed by atoms with van der Waals surface area (Å²) in [6.45, 7) is 0.724. The number of nitrogens with one attached hydrogen (secondary N) is 2. The van der Waals surface area contributed by atoms with Crippen LogP contribution >= 0.6 is 0 Å². The topological polar surface area (TPSA) is 83.8 Å². The van der Waals surface area contributed by atoms with Crippen molar-refractivity contribution in [1.29, 1.82) is 0 Å². The highest BCUT2D eigenvalue weighted by molar-refractivity contribution is 5.96. The second-order valence-electron chi connectivity index (χ2n) is 4.75. The van der Waals surface area contributed by atoms with Crippen LogP contribution in [-0.4, -0.2) is 22.6 Å². The van der Waals surface area contributed by atoms with Gasteiger partial charge >= 0.3 is 0 Å². The zero-order valence-electron chi connectivity index (χ0n) is 10.0. The molecule has 1 aliphatic carbocycles. The van der Waals surface area contributed by atoms with Crippen LogP contribution in [0.4, 0.5) is 5.69 Å². The first-order chi connectivity index (χ1) is 8.27. The quantitative estimate of drug-likeness (QED) is 0.743. The SMILES string of the molecule is Nc1cn[nH]c1C(=O)NCCC1CCCCC1. The van der Waals surface area contributed by atoms with Crippen molar-refractivity contribution in [2.24, 2.45) is 5.92 Å². The monoisotopic (exact) mass is 236 g/mol. The Labute approximate surface area is 101 Å². The molecule has 1 aliphatic rings. The summed E-state index contributed by atoms with van der Waals surface area (Å²) < 4.78 is 0. The fourth-order valence-corrected chi connectivity index (χ4v) is 2.43. The molecule has 4 N–H and O–H groups in total. The number of carbonyl (C=O) groups is 1. The van der Waals surface area contributed by atoms with Gasteiger partial charge in [0.15, 0.2) is 0 Å². The first-order valence-corrected chi connectivity index (χ1v) is 6.34. The molecule has 1 aromatic heterocycles. The highest BCUT2D eigenvalue weighted by Gasteiger charge is 2.15. The summed E-state index contributed by atoms with van der Waals surface area (Å²) in [4.78, 5) is 11.7. The van der Waals surface area contributed by atoms with E-state index in [1.807, 2.05) is 0 Å². The van der Waals surface area contributed by atoms with Gasteiger partial charge in [-0.05, 0) is 12.3 Å². The van der Waals surface area contributed by atoms with Gasteiger partial charge in [0.2, 0.25) is 0 Å². The second kappa shape index (κ2) is 5.70. The molecule has 0 atom stereocenters. The average molecular weight is 236 g/mol. The van der Waals surface area contributed by atoms with Crippen molar-refractivity contribution in [1.82, 2.24) is 15.5 Å². The maximum Gasteiger partial charge on any atom is 0.271 e. The summed E-state index contributed by atoms with van der Waals surface area (Å²) in [5.74, 6) is 0.624. The molecule has 5 nitrogen and oxygen atoms in total. The van der Waals surface area contributed by atoms with E-state index in [2.05, 4.69) is 15.5 Å². The van der Waals surface area contributed by atoms with Crippen molar-refractivity contribution in [2.45, 2.75) is 38.5 Å². The van der Waals surface area contributed by atoms with Crippen molar-refractivity contribution in [3.05, 3.63) is 11.9 Å². The first kappa shape index (κ1) is 12.0. The zero-order valence-corrected chi connectivity index (χ0v) is 10.0. The molecule has 0 unspecified atom stereocenters. The van der Waals surface area contributed by atoms with Gasteiger partial charge in [0, 0.05) is 6.54 Å². The Morgan fingerprint density at radius 2 is 2.24 bits per heavy atom. The Morgan fingerprint density at radius 3 is 2.88 bits per heavy atom. The Bertz CT molecular complexity index is 368. The molecular weight excluding hydrogens is 216 g/mol. The average Bonchev–Trinajstić information content (AvgIpc) is 2.77. The van der Waals surface area contributed by atoms with Crippen LogP contribution in [-0.2, 0) is 0 Å². The first-order valence-electron chi connectivity index (χ1n) is 6.34. The molecule has 0 aliphatic heterocycles. The van der Waals surface area contributed by atoms with E-state index in [4.69, 9.17) is 5.73 Å². The second-order valence-corrected chi connectivity index (χ2v) is 4.75. The highest BCUT2D eigenvalue weighted by atomic mass is 16.1. The minimum atomic E-state index is -0.157. The predicted molar refractivity (Wildman–Crippen MR) is 66.5 cm³/mol. The maximum atomic E-state index is 11.7. The summed E-state index contributed by atoms with van der Waals surface area (Å²) in [5.41, 5.74) is 6.37. The van der Waals surface area contributed by atoms with Crippen molar-refractivity contribution in [2.75, 3.05) is 12.3 Å². The number of nitrogens with zero attached hydrogens (tertiary/aromatic N) is 1. The molecule has 5 heteroatoms. The van der Waals surface area contributed by atoms with Crippen LogP contribution in [0.5, 0.6) is 0 Å². The Hall–Kier alpha value is -1.52. The van der Waals surface area contributed by atoms with Crippen molar-refractivity contribution in [3.63, 3.8) is 0 Å². The summed E-state index contributed by atoms with van der Waals surface area (Å²) in [7, 11) is 0. The minimum absolute atomic E-state index is 0.157. The van der Waals surface area contributed by atoms with Gasteiger partial charge in [0.1, 0.15) is 5.69 Å². The summed E-state index contributed by atoms with van der Waals surface area (Å²) in [5, 5.41) is 9.22. The Morgan fingerprint density at radius 1 is 1.47 bits per heavy atom. The van der Waals surface area contributed by atoms with Gasteiger partial charge in [-0.15, -0.1) is 0 Å². The van der Waals surface area contributed by atoms with Gasteiger partial charge in [-0.25, -0.2) is 0 Å². The van der Waals surface area contributed by atoms with E-state index in [9.17, 15) is 4.79 Å². The van der Waals surface area contributed by atoms with Crippen LogP contribution in [0.2, 0.25) is 0 Å². The smallest absolute Gasteiger partial charge is 0.271 e. The van der Waals surface area contributed by atoms with Crippen LogP contribution in [0.25, 0.3) is 0 Å². The maximum absolute atomic E-state index is 11.7. The number of nitrogens with two attached hydrogens (primary N) is 1. The minimum Gasteiger partial charge on any atom is -0.396 e. The molecule has 0 spiro atoms. The molecule has 2 rings (SSSR count). The lowest BCUT2D eigenvalue weighted by Crippen LogP contribution is -2.27. The number of carbonyl (C=O) groups excluding carboxylic acids is 1. The van der Waals surface area contributed by atoms with Crippen LogP contribution in [0, 0.1) is 5.92 Å². The molecule has 0 bridgehead atoms. The third kappa shape index (κ3) is 3.22. The van der Waals surface area contributed by atoms with E-state index in [0.29, 0.717) is 11.4 Å². The van der Waals surface area contributed by atoms with E-state index in [1.165, 1.54) is 38.3 Å². The highest BCUT2D eigenvalue weighted by Crippen LogP contribution is 2.25. The lowest BCUT2D eigenvalue weighted by Gasteiger charge is -2.21. The number of anilines is 1. The van der Waals surface area contributed by atoms with Crippen LogP contribution in [0.1, 0.15) is 49.0 Å². The molecule has 1 aromatic rings. The number of hydrogen-bond acceptors (Lipinski definition) is 3. The van der Waals surface area contributed by atoms with Gasteiger partial charge in [-0.3, -0.25) is 9.89 Å². The molecule has 1 amide bonds. The number of hydrogen-bond donors (Lipinski definition) is 3. The third-order valence-corrected chi connectivity index (χ3v) is 3.46. The Balaban J connectivity index is 1.71. The van der Waals surface area contributed by atoms with E-state index >= 15 is 0 Å². The van der Waals surface area contributed by atoms with Crippen LogP contribution < -0.4 is 11.1 Å². The molecule has 1 fully saturated rings. The molecule has 0 saturated heterocycles. The van der Waals surface area contributed by atoms with E-state index in [0.717, 1.165) is 18.9 Å². The fourth-order valence-electron chi connectivity index (χ4n) is 2.43. The zero-order chi connectivity index (χ0) is 12.1. The lowest BCUT2D eigenvalue weighted by atomic mass is 9.87. The molecule has 0 aromatic carbocycles. The van der Waals surface area contributed by atoms with Crippen molar-refractivity contribution < 1.29 is 4.79 Å². The van der Waals surface area contributed by atoms with Gasteiger partial charge in [0.25, 0.3) is 5.91 Å². The molecule has 1 heterocycles. The van der Waals surface area contributed by atoms with Gasteiger partial charge in [-0.1, -0.05) is 32.1 Å². The number of aromatic nitrogens is 2. The lowest BCUT2D eigenvalue weighted by molar-refractivity contribution is 0.0946.